The van der Waals surface area contributed by atoms with Gasteiger partial charge in [-0.05, 0) is 37.4 Å². The molecule has 5 nitrogen and oxygen atoms in total. The summed E-state index contributed by atoms with van der Waals surface area (Å²) >= 11 is 5.81. The Labute approximate surface area is 122 Å². The van der Waals surface area contributed by atoms with E-state index in [0.717, 1.165) is 5.76 Å². The van der Waals surface area contributed by atoms with E-state index in [1.54, 1.807) is 24.5 Å². The Morgan fingerprint density at radius 3 is 2.90 bits per heavy atom. The molecule has 3 N–H and O–H groups in total. The zero-order chi connectivity index (χ0) is 14.5. The molecule has 6 heteroatoms. The fourth-order valence-corrected chi connectivity index (χ4v) is 1.99. The smallest absolute Gasteiger partial charge is 0.238 e. The Balaban J connectivity index is 1.88. The van der Waals surface area contributed by atoms with Gasteiger partial charge >= 0.3 is 0 Å². The molecule has 0 aliphatic carbocycles. The van der Waals surface area contributed by atoms with Crippen LogP contribution in [-0.2, 0) is 11.3 Å². The average Bonchev–Trinajstić information content (AvgIpc) is 2.85. The molecule has 0 atom stereocenters. The quantitative estimate of drug-likeness (QED) is 0.831. The zero-order valence-electron chi connectivity index (χ0n) is 11.1. The third kappa shape index (κ3) is 4.01. The second-order valence-electron chi connectivity index (χ2n) is 4.53. The van der Waals surface area contributed by atoms with Crippen molar-refractivity contribution in [2.75, 3.05) is 24.6 Å². The Hall–Kier alpha value is -1.98. The molecular formula is C14H16ClN3O2. The van der Waals surface area contributed by atoms with Gasteiger partial charge in [0.15, 0.2) is 0 Å². The maximum absolute atomic E-state index is 11.9. The maximum atomic E-state index is 11.9. The van der Waals surface area contributed by atoms with Gasteiger partial charge in [-0.1, -0.05) is 11.6 Å². The third-order valence-electron chi connectivity index (χ3n) is 2.71. The van der Waals surface area contributed by atoms with Gasteiger partial charge in [0.05, 0.1) is 30.7 Å². The number of hydrogen-bond donors (Lipinski definition) is 2. The predicted molar refractivity (Wildman–Crippen MR) is 79.5 cm³/mol. The summed E-state index contributed by atoms with van der Waals surface area (Å²) in [5.41, 5.74) is 6.79. The number of nitrogens with one attached hydrogen (secondary N) is 1. The summed E-state index contributed by atoms with van der Waals surface area (Å²) in [5, 5.41) is 3.29. The molecule has 0 spiro atoms. The Morgan fingerprint density at radius 2 is 2.25 bits per heavy atom. The third-order valence-corrected chi connectivity index (χ3v) is 2.94. The molecule has 0 bridgehead atoms. The molecule has 0 saturated carbocycles. The summed E-state index contributed by atoms with van der Waals surface area (Å²) in [6.07, 6.45) is 1.61. The lowest BCUT2D eigenvalue weighted by molar-refractivity contribution is -0.117. The molecule has 1 aromatic heterocycles. The minimum absolute atomic E-state index is 0.145. The van der Waals surface area contributed by atoms with Crippen molar-refractivity contribution in [3.63, 3.8) is 0 Å². The molecular weight excluding hydrogens is 278 g/mol. The van der Waals surface area contributed by atoms with Gasteiger partial charge in [0.2, 0.25) is 5.91 Å². The number of nitrogens with zero attached hydrogens (tertiary/aromatic N) is 1. The molecule has 0 fully saturated rings. The predicted octanol–water partition coefficient (Wildman–Crippen LogP) is 2.59. The Morgan fingerprint density at radius 1 is 1.45 bits per heavy atom. The second-order valence-corrected chi connectivity index (χ2v) is 4.97. The highest BCUT2D eigenvalue weighted by atomic mass is 35.5. The first-order chi connectivity index (χ1) is 9.54. The van der Waals surface area contributed by atoms with Crippen molar-refractivity contribution in [2.45, 2.75) is 6.54 Å². The lowest BCUT2D eigenvalue weighted by Gasteiger charge is -2.15. The van der Waals surface area contributed by atoms with Crippen LogP contribution in [0.3, 0.4) is 0 Å². The van der Waals surface area contributed by atoms with E-state index in [-0.39, 0.29) is 12.5 Å². The molecule has 1 aromatic carbocycles. The number of furan rings is 1. The fourth-order valence-electron chi connectivity index (χ4n) is 1.81. The minimum Gasteiger partial charge on any atom is -0.468 e. The Kier molecular flexibility index (Phi) is 4.65. The largest absolute Gasteiger partial charge is 0.468 e. The SMILES string of the molecule is CN(CC(=O)Nc1ccc(Cl)cc1N)Cc1ccco1. The van der Waals surface area contributed by atoms with Crippen molar-refractivity contribution >= 4 is 28.9 Å². The van der Waals surface area contributed by atoms with E-state index in [2.05, 4.69) is 5.32 Å². The van der Waals surface area contributed by atoms with Crippen molar-refractivity contribution in [1.29, 1.82) is 0 Å². The number of nitrogens with two attached hydrogens (primary N) is 1. The number of benzene rings is 1. The first-order valence-electron chi connectivity index (χ1n) is 6.10. The van der Waals surface area contributed by atoms with Crippen LogP contribution in [0.15, 0.2) is 41.0 Å². The van der Waals surface area contributed by atoms with Gasteiger partial charge < -0.3 is 15.5 Å². The normalized spacial score (nSPS) is 10.8. The highest BCUT2D eigenvalue weighted by Gasteiger charge is 2.10. The van der Waals surface area contributed by atoms with E-state index in [1.807, 2.05) is 24.1 Å². The first-order valence-corrected chi connectivity index (χ1v) is 6.48. The Bertz CT molecular complexity index is 584. The maximum Gasteiger partial charge on any atom is 0.238 e. The number of carbonyl (C=O) groups excluding carboxylic acids is 1. The van der Waals surface area contributed by atoms with Crippen molar-refractivity contribution in [3.05, 3.63) is 47.4 Å². The van der Waals surface area contributed by atoms with Gasteiger partial charge in [-0.3, -0.25) is 9.69 Å². The number of anilines is 2. The van der Waals surface area contributed by atoms with Gasteiger partial charge in [-0.25, -0.2) is 0 Å². The van der Waals surface area contributed by atoms with Crippen LogP contribution in [0.2, 0.25) is 5.02 Å². The molecule has 106 valence electrons. The average molecular weight is 294 g/mol. The lowest BCUT2D eigenvalue weighted by atomic mass is 10.2. The van der Waals surface area contributed by atoms with Gasteiger partial charge in [0.1, 0.15) is 5.76 Å². The van der Waals surface area contributed by atoms with Crippen LogP contribution in [0.5, 0.6) is 0 Å². The summed E-state index contributed by atoms with van der Waals surface area (Å²) in [6, 6.07) is 8.65. The van der Waals surface area contributed by atoms with E-state index in [0.29, 0.717) is 22.9 Å². The molecule has 0 radical (unpaired) electrons. The van der Waals surface area contributed by atoms with Crippen LogP contribution in [0.1, 0.15) is 5.76 Å². The van der Waals surface area contributed by atoms with E-state index in [4.69, 9.17) is 21.8 Å². The molecule has 2 aromatic rings. The van der Waals surface area contributed by atoms with Crippen LogP contribution in [-0.4, -0.2) is 24.4 Å². The summed E-state index contributed by atoms with van der Waals surface area (Å²) < 4.78 is 5.23. The number of halogens is 1. The molecule has 0 aliphatic rings. The van der Waals surface area contributed by atoms with Crippen molar-refractivity contribution < 1.29 is 9.21 Å². The van der Waals surface area contributed by atoms with Crippen molar-refractivity contribution in [2.24, 2.45) is 0 Å². The van der Waals surface area contributed by atoms with Crippen LogP contribution in [0.25, 0.3) is 0 Å². The van der Waals surface area contributed by atoms with E-state index in [1.165, 1.54) is 0 Å². The van der Waals surface area contributed by atoms with E-state index < -0.39 is 0 Å². The lowest BCUT2D eigenvalue weighted by Crippen LogP contribution is -2.29. The molecule has 2 rings (SSSR count). The zero-order valence-corrected chi connectivity index (χ0v) is 11.9. The molecule has 0 aliphatic heterocycles. The second kappa shape index (κ2) is 6.45. The standard InChI is InChI=1S/C14H16ClN3O2/c1-18(8-11-3-2-6-20-11)9-14(19)17-13-5-4-10(15)7-12(13)16/h2-7H,8-9,16H2,1H3,(H,17,19). The molecule has 20 heavy (non-hydrogen) atoms. The number of hydrogen-bond acceptors (Lipinski definition) is 4. The molecule has 1 amide bonds. The van der Waals surface area contributed by atoms with E-state index >= 15 is 0 Å². The first kappa shape index (κ1) is 14.4. The molecule has 0 unspecified atom stereocenters. The van der Waals surface area contributed by atoms with Crippen molar-refractivity contribution in [1.82, 2.24) is 4.90 Å². The van der Waals surface area contributed by atoms with Crippen LogP contribution in [0, 0.1) is 0 Å². The fraction of sp³-hybridized carbons (Fsp3) is 0.214. The summed E-state index contributed by atoms with van der Waals surface area (Å²) in [7, 11) is 1.84. The van der Waals surface area contributed by atoms with Gasteiger partial charge in [0, 0.05) is 5.02 Å². The van der Waals surface area contributed by atoms with Crippen molar-refractivity contribution in [3.8, 4) is 0 Å². The highest BCUT2D eigenvalue weighted by molar-refractivity contribution is 6.31. The minimum atomic E-state index is -0.145. The van der Waals surface area contributed by atoms with Crippen LogP contribution < -0.4 is 11.1 Å². The number of rotatable bonds is 5. The van der Waals surface area contributed by atoms with Gasteiger partial charge in [-0.15, -0.1) is 0 Å². The summed E-state index contributed by atoms with van der Waals surface area (Å²) in [5.74, 6) is 0.666. The van der Waals surface area contributed by atoms with Gasteiger partial charge in [0.25, 0.3) is 0 Å². The monoisotopic (exact) mass is 293 g/mol. The van der Waals surface area contributed by atoms with Gasteiger partial charge in [-0.2, -0.15) is 0 Å². The topological polar surface area (TPSA) is 71.5 Å². The summed E-state index contributed by atoms with van der Waals surface area (Å²) in [4.78, 5) is 13.8. The highest BCUT2D eigenvalue weighted by Crippen LogP contribution is 2.22. The van der Waals surface area contributed by atoms with Crippen LogP contribution >= 0.6 is 11.6 Å². The molecule has 1 heterocycles. The number of likely N-dealkylation sites (N-methyl/N-ethyl adjacent to an activating group) is 1. The summed E-state index contributed by atoms with van der Waals surface area (Å²) in [6.45, 7) is 0.805. The molecule has 0 saturated heterocycles. The number of amides is 1. The van der Waals surface area contributed by atoms with E-state index in [9.17, 15) is 4.79 Å². The van der Waals surface area contributed by atoms with Crippen LogP contribution in [0.4, 0.5) is 11.4 Å². The number of carbonyl (C=O) groups is 1. The number of nitrogen functional groups attached to an aromatic ring is 1.